The average Bonchev–Trinajstić information content (AvgIpc) is 2.74. The van der Waals surface area contributed by atoms with Crippen molar-refractivity contribution in [3.63, 3.8) is 0 Å². The smallest absolute Gasteiger partial charge is 0.116 e. The van der Waals surface area contributed by atoms with Gasteiger partial charge in [0.2, 0.25) is 0 Å². The number of para-hydroxylation sites is 1. The fourth-order valence-corrected chi connectivity index (χ4v) is 1.80. The topological polar surface area (TPSA) is 38.1 Å². The van der Waals surface area contributed by atoms with Gasteiger partial charge in [0, 0.05) is 17.0 Å². The summed E-state index contributed by atoms with van der Waals surface area (Å²) in [6, 6.07) is 10.1. The highest BCUT2D eigenvalue weighted by molar-refractivity contribution is 5.64. The van der Waals surface area contributed by atoms with Crippen LogP contribution in [0.1, 0.15) is 5.69 Å². The van der Waals surface area contributed by atoms with Crippen molar-refractivity contribution in [2.24, 2.45) is 4.99 Å². The van der Waals surface area contributed by atoms with Gasteiger partial charge < -0.3 is 0 Å². The number of rotatable bonds is 1. The molecule has 0 radical (unpaired) electrons. The van der Waals surface area contributed by atoms with Crippen LogP contribution in [-0.2, 0) is 0 Å². The first-order valence-electron chi connectivity index (χ1n) is 4.84. The van der Waals surface area contributed by atoms with E-state index >= 15 is 0 Å². The van der Waals surface area contributed by atoms with Crippen LogP contribution in [-0.4, -0.2) is 16.5 Å². The average molecular weight is 195 g/mol. The summed E-state index contributed by atoms with van der Waals surface area (Å²) in [7, 11) is 0. The molecule has 0 amide bonds. The van der Waals surface area contributed by atoms with Crippen molar-refractivity contribution in [2.45, 2.75) is 0 Å². The van der Waals surface area contributed by atoms with Crippen LogP contribution in [0.3, 0.4) is 0 Å². The molecule has 1 aromatic carbocycles. The second-order valence-corrected chi connectivity index (χ2v) is 3.41. The van der Waals surface area contributed by atoms with Crippen LogP contribution in [0.2, 0.25) is 0 Å². The van der Waals surface area contributed by atoms with Gasteiger partial charge in [0.25, 0.3) is 0 Å². The summed E-state index contributed by atoms with van der Waals surface area (Å²) >= 11 is 0. The van der Waals surface area contributed by atoms with Crippen LogP contribution in [0.5, 0.6) is 0 Å². The molecule has 0 fully saturated rings. The first-order valence-corrected chi connectivity index (χ1v) is 4.84. The van der Waals surface area contributed by atoms with Crippen LogP contribution in [0.4, 0.5) is 0 Å². The van der Waals surface area contributed by atoms with Crippen LogP contribution < -0.4 is 10.6 Å². The van der Waals surface area contributed by atoms with Crippen LogP contribution in [0.25, 0.3) is 5.57 Å². The molecule has 2 aromatic rings. The molecule has 3 rings (SSSR count). The summed E-state index contributed by atoms with van der Waals surface area (Å²) in [5, 5.41) is 2.25. The molecule has 0 spiro atoms. The fourth-order valence-electron chi connectivity index (χ4n) is 1.80. The van der Waals surface area contributed by atoms with E-state index in [1.165, 1.54) is 10.8 Å². The van der Waals surface area contributed by atoms with E-state index < -0.39 is 0 Å². The summed E-state index contributed by atoms with van der Waals surface area (Å²) in [5.74, 6) is 0. The van der Waals surface area contributed by atoms with Crippen LogP contribution in [0.15, 0.2) is 47.8 Å². The van der Waals surface area contributed by atoms with Crippen molar-refractivity contribution in [1.29, 1.82) is 0 Å². The molecule has 0 atom stereocenters. The van der Waals surface area contributed by atoms with Crippen LogP contribution >= 0.6 is 0 Å². The summed E-state index contributed by atoms with van der Waals surface area (Å²) in [4.78, 5) is 12.6. The van der Waals surface area contributed by atoms with Crippen LogP contribution in [0, 0.1) is 0 Å². The van der Waals surface area contributed by atoms with E-state index in [1.54, 1.807) is 12.5 Å². The Balaban J connectivity index is 2.31. The summed E-state index contributed by atoms with van der Waals surface area (Å²) in [6.45, 7) is 0.719. The zero-order chi connectivity index (χ0) is 10.1. The Morgan fingerprint density at radius 3 is 2.87 bits per heavy atom. The molecule has 3 heteroatoms. The Labute approximate surface area is 86.9 Å². The van der Waals surface area contributed by atoms with Crippen molar-refractivity contribution >= 4 is 5.57 Å². The van der Waals surface area contributed by atoms with E-state index in [1.807, 2.05) is 24.3 Å². The maximum absolute atomic E-state index is 4.46. The summed E-state index contributed by atoms with van der Waals surface area (Å²) < 4.78 is 0. The van der Waals surface area contributed by atoms with E-state index in [2.05, 4.69) is 21.0 Å². The number of nitrogens with zero attached hydrogens (tertiary/aromatic N) is 3. The van der Waals surface area contributed by atoms with E-state index in [0.717, 1.165) is 17.6 Å². The van der Waals surface area contributed by atoms with Crippen molar-refractivity contribution in [1.82, 2.24) is 9.97 Å². The molecule has 72 valence electrons. The molecule has 0 N–H and O–H groups in total. The minimum atomic E-state index is 0.719. The largest absolute Gasteiger partial charge is 0.280 e. The lowest BCUT2D eigenvalue weighted by atomic mass is 10.1. The predicted octanol–water partition coefficient (Wildman–Crippen LogP) is 0.309. The van der Waals surface area contributed by atoms with Gasteiger partial charge in [-0.2, -0.15) is 0 Å². The second-order valence-electron chi connectivity index (χ2n) is 3.41. The first kappa shape index (κ1) is 8.29. The number of benzene rings is 1. The Hall–Kier alpha value is -2.03. The molecule has 0 bridgehead atoms. The van der Waals surface area contributed by atoms with E-state index in [9.17, 15) is 0 Å². The second kappa shape index (κ2) is 3.28. The third kappa shape index (κ3) is 1.32. The highest BCUT2D eigenvalue weighted by atomic mass is 14.8. The Morgan fingerprint density at radius 2 is 2.00 bits per heavy atom. The minimum Gasteiger partial charge on any atom is -0.280 e. The standard InChI is InChI=1S/C12H9N3/c1-2-4-11-9(3-1)10(7-14-11)12-5-6-13-8-15-12/h1-6,8H,7H2. The Morgan fingerprint density at radius 1 is 1.07 bits per heavy atom. The zero-order valence-corrected chi connectivity index (χ0v) is 8.09. The molecule has 1 aromatic heterocycles. The molecule has 15 heavy (non-hydrogen) atoms. The maximum atomic E-state index is 4.46. The molecular weight excluding hydrogens is 186 g/mol. The number of hydrogen-bond donors (Lipinski definition) is 0. The highest BCUT2D eigenvalue weighted by Gasteiger charge is 2.08. The van der Waals surface area contributed by atoms with E-state index in [-0.39, 0.29) is 0 Å². The van der Waals surface area contributed by atoms with Gasteiger partial charge in [-0.3, -0.25) is 4.99 Å². The first-order chi connectivity index (χ1) is 7.45. The fraction of sp³-hybridized carbons (Fsp3) is 0.0833. The van der Waals surface area contributed by atoms with Gasteiger partial charge in [-0.1, -0.05) is 18.2 Å². The maximum Gasteiger partial charge on any atom is 0.116 e. The lowest BCUT2D eigenvalue weighted by Crippen LogP contribution is -2.22. The van der Waals surface area contributed by atoms with Gasteiger partial charge in [-0.05, 0) is 12.1 Å². The van der Waals surface area contributed by atoms with Crippen molar-refractivity contribution < 1.29 is 0 Å². The van der Waals surface area contributed by atoms with Gasteiger partial charge in [0.1, 0.15) is 6.33 Å². The molecule has 1 aliphatic heterocycles. The monoisotopic (exact) mass is 195 g/mol. The molecule has 0 aliphatic carbocycles. The zero-order valence-electron chi connectivity index (χ0n) is 8.09. The molecule has 0 saturated heterocycles. The third-order valence-corrected chi connectivity index (χ3v) is 2.53. The van der Waals surface area contributed by atoms with E-state index in [4.69, 9.17) is 0 Å². The molecule has 1 aliphatic rings. The summed E-state index contributed by atoms with van der Waals surface area (Å²) in [6.07, 6.45) is 3.33. The predicted molar refractivity (Wildman–Crippen MR) is 56.6 cm³/mol. The number of hydrogen-bond acceptors (Lipinski definition) is 3. The lowest BCUT2D eigenvalue weighted by molar-refractivity contribution is 1.12. The third-order valence-electron chi connectivity index (χ3n) is 2.53. The molecular formula is C12H9N3. The Bertz CT molecular complexity index is 602. The highest BCUT2D eigenvalue weighted by Crippen LogP contribution is 2.08. The molecule has 0 unspecified atom stereocenters. The van der Waals surface area contributed by atoms with Crippen molar-refractivity contribution in [3.05, 3.63) is 59.1 Å². The quantitative estimate of drug-likeness (QED) is 0.656. The molecule has 0 saturated carbocycles. The summed E-state index contributed by atoms with van der Waals surface area (Å²) in [5.41, 5.74) is 2.16. The number of aromatic nitrogens is 2. The normalized spacial score (nSPS) is 13.5. The molecule has 3 nitrogen and oxygen atoms in total. The van der Waals surface area contributed by atoms with E-state index in [0.29, 0.717) is 0 Å². The van der Waals surface area contributed by atoms with Gasteiger partial charge in [-0.25, -0.2) is 9.97 Å². The van der Waals surface area contributed by atoms with Crippen molar-refractivity contribution in [3.8, 4) is 0 Å². The lowest BCUT2D eigenvalue weighted by Gasteiger charge is -1.98. The van der Waals surface area contributed by atoms with Gasteiger partial charge in [-0.15, -0.1) is 0 Å². The van der Waals surface area contributed by atoms with Crippen molar-refractivity contribution in [2.75, 3.05) is 6.54 Å². The SMILES string of the molecule is c1ccc2c(c1)=NCC=2c1ccncn1. The van der Waals surface area contributed by atoms with Gasteiger partial charge in [0.15, 0.2) is 0 Å². The number of fused-ring (bicyclic) bond motifs is 1. The minimum absolute atomic E-state index is 0.719. The van der Waals surface area contributed by atoms with Gasteiger partial charge >= 0.3 is 0 Å². The molecule has 2 heterocycles. The Kier molecular flexibility index (Phi) is 1.81. The van der Waals surface area contributed by atoms with Gasteiger partial charge in [0.05, 0.1) is 17.6 Å².